The maximum atomic E-state index is 12.2. The van der Waals surface area contributed by atoms with Gasteiger partial charge in [0.2, 0.25) is 0 Å². The Hall–Kier alpha value is -2.55. The van der Waals surface area contributed by atoms with Gasteiger partial charge in [0.15, 0.2) is 0 Å². The molecule has 0 spiro atoms. The SMILES string of the molecule is CC1CCN(C(=O)Nc2ccc(CC#N)cc2)C1C(=O)O. The number of aliphatic carboxylic acids is 1. The van der Waals surface area contributed by atoms with Crippen LogP contribution in [0.25, 0.3) is 0 Å². The number of carboxylic acid groups (broad SMARTS) is 1. The van der Waals surface area contributed by atoms with Crippen LogP contribution in [0.15, 0.2) is 24.3 Å². The summed E-state index contributed by atoms with van der Waals surface area (Å²) in [5.74, 6) is -1.02. The highest BCUT2D eigenvalue weighted by Gasteiger charge is 2.39. The van der Waals surface area contributed by atoms with E-state index in [1.54, 1.807) is 24.3 Å². The Labute approximate surface area is 123 Å². The van der Waals surface area contributed by atoms with Crippen LogP contribution in [0, 0.1) is 17.2 Å². The Morgan fingerprint density at radius 3 is 2.67 bits per heavy atom. The van der Waals surface area contributed by atoms with Gasteiger partial charge in [0.25, 0.3) is 0 Å². The van der Waals surface area contributed by atoms with Gasteiger partial charge in [0.05, 0.1) is 12.5 Å². The highest BCUT2D eigenvalue weighted by atomic mass is 16.4. The summed E-state index contributed by atoms with van der Waals surface area (Å²) in [4.78, 5) is 24.8. The molecule has 2 unspecified atom stereocenters. The van der Waals surface area contributed by atoms with E-state index in [-0.39, 0.29) is 5.92 Å². The van der Waals surface area contributed by atoms with E-state index >= 15 is 0 Å². The van der Waals surface area contributed by atoms with Crippen molar-refractivity contribution in [1.29, 1.82) is 5.26 Å². The van der Waals surface area contributed by atoms with Gasteiger partial charge in [-0.1, -0.05) is 19.1 Å². The number of rotatable bonds is 3. The molecule has 1 aliphatic heterocycles. The highest BCUT2D eigenvalue weighted by molar-refractivity contribution is 5.92. The molecule has 1 aromatic carbocycles. The van der Waals surface area contributed by atoms with Crippen LogP contribution in [-0.2, 0) is 11.2 Å². The summed E-state index contributed by atoms with van der Waals surface area (Å²) in [5, 5.41) is 20.5. The molecule has 2 N–H and O–H groups in total. The third-order valence-electron chi connectivity index (χ3n) is 3.70. The minimum absolute atomic E-state index is 0.0498. The third-order valence-corrected chi connectivity index (χ3v) is 3.70. The number of amides is 2. The Morgan fingerprint density at radius 2 is 2.10 bits per heavy atom. The van der Waals surface area contributed by atoms with Crippen LogP contribution in [0.1, 0.15) is 18.9 Å². The molecule has 2 amide bonds. The number of nitriles is 1. The summed E-state index contributed by atoms with van der Waals surface area (Å²) >= 11 is 0. The Morgan fingerprint density at radius 1 is 1.43 bits per heavy atom. The van der Waals surface area contributed by atoms with E-state index in [1.165, 1.54) is 4.90 Å². The van der Waals surface area contributed by atoms with Gasteiger partial charge in [-0.3, -0.25) is 0 Å². The lowest BCUT2D eigenvalue weighted by molar-refractivity contribution is -0.142. The fourth-order valence-corrected chi connectivity index (χ4v) is 2.54. The minimum Gasteiger partial charge on any atom is -0.480 e. The van der Waals surface area contributed by atoms with E-state index in [4.69, 9.17) is 5.26 Å². The van der Waals surface area contributed by atoms with Crippen LogP contribution in [0.3, 0.4) is 0 Å². The molecule has 1 aliphatic rings. The van der Waals surface area contributed by atoms with Crippen LogP contribution >= 0.6 is 0 Å². The van der Waals surface area contributed by atoms with Crippen molar-refractivity contribution in [1.82, 2.24) is 4.90 Å². The summed E-state index contributed by atoms with van der Waals surface area (Å²) in [7, 11) is 0. The quantitative estimate of drug-likeness (QED) is 0.890. The molecule has 6 heteroatoms. The van der Waals surface area contributed by atoms with E-state index in [0.29, 0.717) is 25.1 Å². The molecule has 0 radical (unpaired) electrons. The minimum atomic E-state index is -0.973. The Balaban J connectivity index is 2.04. The van der Waals surface area contributed by atoms with Crippen molar-refractivity contribution in [3.63, 3.8) is 0 Å². The Bertz CT molecular complexity index is 577. The van der Waals surface area contributed by atoms with E-state index in [1.807, 2.05) is 6.92 Å². The molecule has 1 aromatic rings. The van der Waals surface area contributed by atoms with Gasteiger partial charge in [-0.25, -0.2) is 9.59 Å². The van der Waals surface area contributed by atoms with Gasteiger partial charge in [-0.05, 0) is 30.0 Å². The van der Waals surface area contributed by atoms with Crippen LogP contribution in [-0.4, -0.2) is 34.6 Å². The largest absolute Gasteiger partial charge is 0.480 e. The number of nitrogens with zero attached hydrogens (tertiary/aromatic N) is 2. The van der Waals surface area contributed by atoms with Gasteiger partial charge in [-0.2, -0.15) is 5.26 Å². The number of carboxylic acids is 1. The molecule has 0 bridgehead atoms. The van der Waals surface area contributed by atoms with E-state index < -0.39 is 18.0 Å². The number of likely N-dealkylation sites (tertiary alicyclic amines) is 1. The second-order valence-corrected chi connectivity index (χ2v) is 5.20. The standard InChI is InChI=1S/C15H17N3O3/c1-10-7-9-18(13(10)14(19)20)15(21)17-12-4-2-11(3-5-12)6-8-16/h2-5,10,13H,6-7,9H2,1H3,(H,17,21)(H,19,20). The average molecular weight is 287 g/mol. The maximum Gasteiger partial charge on any atom is 0.326 e. The first-order valence-electron chi connectivity index (χ1n) is 6.79. The van der Waals surface area contributed by atoms with Crippen LogP contribution in [0.5, 0.6) is 0 Å². The third kappa shape index (κ3) is 3.31. The van der Waals surface area contributed by atoms with Crippen molar-refractivity contribution in [3.05, 3.63) is 29.8 Å². The molecule has 1 fully saturated rings. The van der Waals surface area contributed by atoms with Crippen molar-refractivity contribution < 1.29 is 14.7 Å². The smallest absolute Gasteiger partial charge is 0.326 e. The molecule has 110 valence electrons. The molecule has 0 aromatic heterocycles. The fraction of sp³-hybridized carbons (Fsp3) is 0.400. The van der Waals surface area contributed by atoms with E-state index in [9.17, 15) is 14.7 Å². The normalized spacial score (nSPS) is 20.9. The number of anilines is 1. The molecule has 2 atom stereocenters. The lowest BCUT2D eigenvalue weighted by Gasteiger charge is -2.23. The molecular weight excluding hydrogens is 270 g/mol. The first-order valence-corrected chi connectivity index (χ1v) is 6.79. The summed E-state index contributed by atoms with van der Waals surface area (Å²) in [5.41, 5.74) is 1.46. The first kappa shape index (κ1) is 14.9. The molecule has 0 aliphatic carbocycles. The Kier molecular flexibility index (Phi) is 4.43. The summed E-state index contributed by atoms with van der Waals surface area (Å²) in [6, 6.07) is 7.82. The number of hydrogen-bond acceptors (Lipinski definition) is 3. The fourth-order valence-electron chi connectivity index (χ4n) is 2.54. The number of benzene rings is 1. The molecule has 1 heterocycles. The van der Waals surface area contributed by atoms with Crippen LogP contribution in [0.4, 0.5) is 10.5 Å². The summed E-state index contributed by atoms with van der Waals surface area (Å²) < 4.78 is 0. The topological polar surface area (TPSA) is 93.4 Å². The van der Waals surface area contributed by atoms with Gasteiger partial charge in [-0.15, -0.1) is 0 Å². The predicted octanol–water partition coefficient (Wildman–Crippen LogP) is 2.08. The van der Waals surface area contributed by atoms with Crippen LogP contribution < -0.4 is 5.32 Å². The van der Waals surface area contributed by atoms with Crippen molar-refractivity contribution in [2.24, 2.45) is 5.92 Å². The van der Waals surface area contributed by atoms with Gasteiger partial charge >= 0.3 is 12.0 Å². The molecular formula is C15H17N3O3. The highest BCUT2D eigenvalue weighted by Crippen LogP contribution is 2.25. The average Bonchev–Trinajstić information content (AvgIpc) is 2.83. The zero-order valence-corrected chi connectivity index (χ0v) is 11.7. The van der Waals surface area contributed by atoms with Crippen molar-refractivity contribution in [2.75, 3.05) is 11.9 Å². The van der Waals surface area contributed by atoms with Crippen molar-refractivity contribution in [3.8, 4) is 6.07 Å². The molecule has 2 rings (SSSR count). The zero-order chi connectivity index (χ0) is 15.4. The van der Waals surface area contributed by atoms with Gasteiger partial charge in [0, 0.05) is 12.2 Å². The number of urea groups is 1. The number of nitrogens with one attached hydrogen (secondary N) is 1. The van der Waals surface area contributed by atoms with E-state index in [0.717, 1.165) is 5.56 Å². The predicted molar refractivity (Wildman–Crippen MR) is 76.7 cm³/mol. The lowest BCUT2D eigenvalue weighted by atomic mass is 10.0. The van der Waals surface area contributed by atoms with Gasteiger partial charge in [0.1, 0.15) is 6.04 Å². The molecule has 0 saturated carbocycles. The maximum absolute atomic E-state index is 12.2. The van der Waals surface area contributed by atoms with Crippen molar-refractivity contribution in [2.45, 2.75) is 25.8 Å². The molecule has 6 nitrogen and oxygen atoms in total. The number of carbonyl (C=O) groups excluding carboxylic acids is 1. The van der Waals surface area contributed by atoms with Crippen LogP contribution in [0.2, 0.25) is 0 Å². The summed E-state index contributed by atoms with van der Waals surface area (Å²) in [6.45, 7) is 2.28. The van der Waals surface area contributed by atoms with E-state index in [2.05, 4.69) is 11.4 Å². The first-order chi connectivity index (χ1) is 10.0. The second kappa shape index (κ2) is 6.27. The number of hydrogen-bond donors (Lipinski definition) is 2. The molecule has 21 heavy (non-hydrogen) atoms. The monoisotopic (exact) mass is 287 g/mol. The zero-order valence-electron chi connectivity index (χ0n) is 11.7. The van der Waals surface area contributed by atoms with Crippen molar-refractivity contribution >= 4 is 17.7 Å². The van der Waals surface area contributed by atoms with Gasteiger partial charge < -0.3 is 15.3 Å². The number of carbonyl (C=O) groups is 2. The lowest BCUT2D eigenvalue weighted by Crippen LogP contribution is -2.44. The summed E-state index contributed by atoms with van der Waals surface area (Å²) in [6.07, 6.45) is 1.00. The molecule has 1 saturated heterocycles. The second-order valence-electron chi connectivity index (χ2n) is 5.20.